The monoisotopic (exact) mass is 465 g/mol. The lowest BCUT2D eigenvalue weighted by molar-refractivity contribution is 0.632. The first-order valence-corrected chi connectivity index (χ1v) is 11.9. The van der Waals surface area contributed by atoms with E-state index in [9.17, 15) is 4.39 Å². The molecule has 0 N–H and O–H groups in total. The first kappa shape index (κ1) is 20.6. The van der Waals surface area contributed by atoms with Gasteiger partial charge in [-0.3, -0.25) is 4.98 Å². The van der Waals surface area contributed by atoms with Gasteiger partial charge in [0, 0.05) is 39.0 Å². The second-order valence-corrected chi connectivity index (χ2v) is 8.94. The van der Waals surface area contributed by atoms with Crippen molar-refractivity contribution in [2.45, 2.75) is 0 Å². The van der Waals surface area contributed by atoms with Gasteiger partial charge in [0.15, 0.2) is 0 Å². The summed E-state index contributed by atoms with van der Waals surface area (Å²) in [6, 6.07) is 37.8. The third-order valence-corrected chi connectivity index (χ3v) is 6.78. The summed E-state index contributed by atoms with van der Waals surface area (Å²) in [6.07, 6.45) is 1.80. The average Bonchev–Trinajstić information content (AvgIpc) is 3.38. The number of hydrogen-bond acceptors (Lipinski definition) is 2. The van der Waals surface area contributed by atoms with E-state index in [1.54, 1.807) is 12.3 Å². The van der Waals surface area contributed by atoms with E-state index in [0.717, 1.165) is 60.8 Å². The molecule has 0 fully saturated rings. The van der Waals surface area contributed by atoms with Gasteiger partial charge in [-0.05, 0) is 46.7 Å². The Morgan fingerprint density at radius 2 is 1.28 bits per heavy atom. The maximum Gasteiger partial charge on any atom is 0.142 e. The number of hydrogen-bond donors (Lipinski definition) is 0. The van der Waals surface area contributed by atoms with Crippen LogP contribution in [0.25, 0.3) is 66.2 Å². The number of nitrogens with zero attached hydrogens (tertiary/aromatic N) is 1. The van der Waals surface area contributed by atoms with Crippen molar-refractivity contribution in [3.05, 3.63) is 127 Å². The lowest BCUT2D eigenvalue weighted by Gasteiger charge is -2.11. The van der Waals surface area contributed by atoms with E-state index < -0.39 is 0 Å². The highest BCUT2D eigenvalue weighted by Crippen LogP contribution is 2.40. The Hall–Kier alpha value is -4.76. The fourth-order valence-electron chi connectivity index (χ4n) is 5.08. The third kappa shape index (κ3) is 3.29. The molecule has 3 heteroatoms. The van der Waals surface area contributed by atoms with Crippen LogP contribution in [0.2, 0.25) is 0 Å². The molecule has 170 valence electrons. The van der Waals surface area contributed by atoms with Crippen LogP contribution in [-0.2, 0) is 0 Å². The maximum atomic E-state index is 14.5. The zero-order valence-electron chi connectivity index (χ0n) is 19.3. The predicted octanol–water partition coefficient (Wildman–Crippen LogP) is 9.27. The van der Waals surface area contributed by atoms with Crippen LogP contribution >= 0.6 is 0 Å². The number of benzene rings is 5. The highest BCUT2D eigenvalue weighted by molar-refractivity contribution is 6.12. The second-order valence-electron chi connectivity index (χ2n) is 8.94. The largest absolute Gasteiger partial charge is 0.455 e. The molecule has 2 heterocycles. The first-order valence-electron chi connectivity index (χ1n) is 11.9. The van der Waals surface area contributed by atoms with E-state index in [-0.39, 0.29) is 5.82 Å². The van der Waals surface area contributed by atoms with Crippen LogP contribution in [0.15, 0.2) is 126 Å². The van der Waals surface area contributed by atoms with Crippen LogP contribution in [0.3, 0.4) is 0 Å². The fraction of sp³-hybridized carbons (Fsp3) is 0. The highest BCUT2D eigenvalue weighted by Gasteiger charge is 2.16. The number of furan rings is 1. The molecule has 0 bridgehead atoms. The van der Waals surface area contributed by atoms with Gasteiger partial charge in [-0.15, -0.1) is 0 Å². The molecule has 0 aliphatic carbocycles. The van der Waals surface area contributed by atoms with Gasteiger partial charge in [0.1, 0.15) is 17.2 Å². The van der Waals surface area contributed by atoms with Crippen molar-refractivity contribution in [1.29, 1.82) is 0 Å². The van der Waals surface area contributed by atoms with Gasteiger partial charge >= 0.3 is 0 Å². The van der Waals surface area contributed by atoms with E-state index in [1.165, 1.54) is 6.07 Å². The summed E-state index contributed by atoms with van der Waals surface area (Å²) in [4.78, 5) is 4.79. The molecule has 0 aliphatic rings. The fourth-order valence-corrected chi connectivity index (χ4v) is 5.08. The van der Waals surface area contributed by atoms with Crippen LogP contribution < -0.4 is 0 Å². The minimum Gasteiger partial charge on any atom is -0.455 e. The Morgan fingerprint density at radius 1 is 0.556 bits per heavy atom. The normalized spacial score (nSPS) is 11.5. The lowest BCUT2D eigenvalue weighted by Crippen LogP contribution is -1.90. The average molecular weight is 466 g/mol. The molecule has 7 aromatic rings. The Morgan fingerprint density at radius 3 is 2.08 bits per heavy atom. The molecule has 2 nitrogen and oxygen atoms in total. The van der Waals surface area contributed by atoms with E-state index in [1.807, 2.05) is 60.7 Å². The van der Waals surface area contributed by atoms with Crippen molar-refractivity contribution < 1.29 is 8.81 Å². The molecule has 36 heavy (non-hydrogen) atoms. The number of aromatic nitrogens is 1. The number of fused-ring (bicyclic) bond motifs is 4. The molecule has 0 spiro atoms. The Kier molecular flexibility index (Phi) is 4.68. The van der Waals surface area contributed by atoms with Gasteiger partial charge in [-0.2, -0.15) is 0 Å². The van der Waals surface area contributed by atoms with E-state index in [2.05, 4.69) is 42.5 Å². The quantitative estimate of drug-likeness (QED) is 0.243. The molecule has 0 amide bonds. The zero-order valence-corrected chi connectivity index (χ0v) is 19.3. The van der Waals surface area contributed by atoms with Crippen molar-refractivity contribution in [2.75, 3.05) is 0 Å². The summed E-state index contributed by atoms with van der Waals surface area (Å²) in [7, 11) is 0. The standard InChI is InChI=1S/C33H20FNO/c34-30-13-7-12-25-26-16-17-35-32(28(26)15-14-27(25)30)23-18-24-20-31(22-10-5-2-6-11-22)36-33(24)29(19-23)21-8-3-1-4-9-21/h1-20H. The van der Waals surface area contributed by atoms with Crippen LogP contribution in [0.5, 0.6) is 0 Å². The van der Waals surface area contributed by atoms with Crippen molar-refractivity contribution in [1.82, 2.24) is 4.98 Å². The smallest absolute Gasteiger partial charge is 0.142 e. The first-order chi connectivity index (χ1) is 17.8. The number of rotatable bonds is 3. The molecule has 0 unspecified atom stereocenters. The second kappa shape index (κ2) is 8.17. The minimum atomic E-state index is -0.215. The van der Waals surface area contributed by atoms with Gasteiger partial charge in [0.05, 0.1) is 5.69 Å². The van der Waals surface area contributed by atoms with E-state index in [0.29, 0.717) is 5.39 Å². The van der Waals surface area contributed by atoms with Crippen LogP contribution in [-0.4, -0.2) is 4.98 Å². The zero-order chi connectivity index (χ0) is 24.1. The maximum absolute atomic E-state index is 14.5. The Bertz CT molecular complexity index is 1890. The van der Waals surface area contributed by atoms with E-state index >= 15 is 0 Å². The van der Waals surface area contributed by atoms with Gasteiger partial charge in [0.2, 0.25) is 0 Å². The summed E-state index contributed by atoms with van der Waals surface area (Å²) in [5, 5.41) is 4.48. The van der Waals surface area contributed by atoms with Crippen LogP contribution in [0.1, 0.15) is 0 Å². The molecule has 0 saturated heterocycles. The van der Waals surface area contributed by atoms with Gasteiger partial charge in [-0.25, -0.2) is 4.39 Å². The van der Waals surface area contributed by atoms with Gasteiger partial charge < -0.3 is 4.42 Å². The van der Waals surface area contributed by atoms with Crippen LogP contribution in [0, 0.1) is 5.82 Å². The molecular weight excluding hydrogens is 445 g/mol. The summed E-state index contributed by atoms with van der Waals surface area (Å²) in [5.41, 5.74) is 5.81. The van der Waals surface area contributed by atoms with Crippen molar-refractivity contribution in [2.24, 2.45) is 0 Å². The summed E-state index contributed by atoms with van der Waals surface area (Å²) in [6.45, 7) is 0. The SMILES string of the molecule is Fc1cccc2c1ccc1c(-c3cc(-c4ccccc4)c4oc(-c5ccccc5)cc4c3)nccc12. The Labute approximate surface area is 207 Å². The number of pyridine rings is 1. The summed E-state index contributed by atoms with van der Waals surface area (Å²) >= 11 is 0. The van der Waals surface area contributed by atoms with Crippen molar-refractivity contribution >= 4 is 32.5 Å². The molecule has 7 rings (SSSR count). The highest BCUT2D eigenvalue weighted by atomic mass is 19.1. The topological polar surface area (TPSA) is 26.0 Å². The summed E-state index contributed by atoms with van der Waals surface area (Å²) < 4.78 is 20.9. The Balaban J connectivity index is 1.51. The van der Waals surface area contributed by atoms with Gasteiger partial charge in [-0.1, -0.05) is 84.9 Å². The third-order valence-electron chi connectivity index (χ3n) is 6.78. The van der Waals surface area contributed by atoms with Crippen molar-refractivity contribution in [3.8, 4) is 33.7 Å². The molecule has 0 saturated carbocycles. The van der Waals surface area contributed by atoms with Crippen molar-refractivity contribution in [3.63, 3.8) is 0 Å². The van der Waals surface area contributed by atoms with Crippen LogP contribution in [0.4, 0.5) is 4.39 Å². The molecule has 5 aromatic carbocycles. The minimum absolute atomic E-state index is 0.215. The molecule has 0 atom stereocenters. The molecule has 0 aliphatic heterocycles. The lowest BCUT2D eigenvalue weighted by atomic mass is 9.95. The predicted molar refractivity (Wildman–Crippen MR) is 145 cm³/mol. The van der Waals surface area contributed by atoms with Gasteiger partial charge in [0.25, 0.3) is 0 Å². The molecule has 2 aromatic heterocycles. The number of halogens is 1. The van der Waals surface area contributed by atoms with E-state index in [4.69, 9.17) is 9.40 Å². The molecule has 0 radical (unpaired) electrons. The summed E-state index contributed by atoms with van der Waals surface area (Å²) in [5.74, 6) is 0.611. The molecular formula is C33H20FNO.